The molecule has 0 fully saturated rings. The Morgan fingerprint density at radius 1 is 0.792 bits per heavy atom. The molecule has 0 bridgehead atoms. The number of hydrogen-bond acceptors (Lipinski definition) is 1. The Balaban J connectivity index is 2.02. The maximum Gasteiger partial charge on any atom is 0.0484 e. The number of nitrogens with two attached hydrogens (primary N) is 1. The van der Waals surface area contributed by atoms with Crippen molar-refractivity contribution in [3.63, 3.8) is 0 Å². The van der Waals surface area contributed by atoms with Gasteiger partial charge in [-0.2, -0.15) is 0 Å². The maximum atomic E-state index is 6.45. The van der Waals surface area contributed by atoms with Crippen molar-refractivity contribution in [3.8, 4) is 0 Å². The lowest BCUT2D eigenvalue weighted by Crippen LogP contribution is -1.93. The van der Waals surface area contributed by atoms with E-state index in [-0.39, 0.29) is 0 Å². The molecule has 0 aliphatic heterocycles. The standard InChI is InChI=1S/C22H16ClN/c23-22-10-4-9-19-20(22)12-11-16-6-1-2-8-18(16)21(19)14-15-5-3-7-17(24)13-15/h1-14H,24H2. The second kappa shape index (κ2) is 6.03. The van der Waals surface area contributed by atoms with Crippen molar-refractivity contribution in [2.24, 2.45) is 0 Å². The summed E-state index contributed by atoms with van der Waals surface area (Å²) in [7, 11) is 0. The zero-order chi connectivity index (χ0) is 16.5. The van der Waals surface area contributed by atoms with Crippen molar-refractivity contribution in [1.82, 2.24) is 0 Å². The number of halogens is 1. The molecule has 0 unspecified atom stereocenters. The average Bonchev–Trinajstić information content (AvgIpc) is 2.74. The van der Waals surface area contributed by atoms with Crippen LogP contribution in [0.2, 0.25) is 5.02 Å². The Kier molecular flexibility index (Phi) is 3.72. The van der Waals surface area contributed by atoms with E-state index < -0.39 is 0 Å². The van der Waals surface area contributed by atoms with Crippen molar-refractivity contribution in [2.45, 2.75) is 0 Å². The molecule has 2 heteroatoms. The van der Waals surface area contributed by atoms with Crippen LogP contribution in [0.4, 0.5) is 5.69 Å². The molecule has 0 atom stereocenters. The van der Waals surface area contributed by atoms with Gasteiger partial charge in [0.1, 0.15) is 0 Å². The van der Waals surface area contributed by atoms with Gasteiger partial charge in [0.05, 0.1) is 0 Å². The second-order valence-corrected chi connectivity index (χ2v) is 6.26. The summed E-state index contributed by atoms with van der Waals surface area (Å²) in [6.07, 6.45) is 6.40. The van der Waals surface area contributed by atoms with Gasteiger partial charge in [0, 0.05) is 16.3 Å². The highest BCUT2D eigenvalue weighted by Gasteiger charge is 2.16. The van der Waals surface area contributed by atoms with Gasteiger partial charge in [0.15, 0.2) is 0 Å². The van der Waals surface area contributed by atoms with Gasteiger partial charge in [0.25, 0.3) is 0 Å². The summed E-state index contributed by atoms with van der Waals surface area (Å²) in [4.78, 5) is 0. The number of nitrogen functional groups attached to an aromatic ring is 1. The molecule has 0 aromatic heterocycles. The molecule has 0 amide bonds. The minimum Gasteiger partial charge on any atom is -0.399 e. The molecule has 0 spiro atoms. The van der Waals surface area contributed by atoms with Gasteiger partial charge in [-0.15, -0.1) is 0 Å². The van der Waals surface area contributed by atoms with Crippen molar-refractivity contribution >= 4 is 41.1 Å². The molecule has 1 nitrogen and oxygen atoms in total. The summed E-state index contributed by atoms with van der Waals surface area (Å²) in [5.74, 6) is 0. The third-order valence-corrected chi connectivity index (χ3v) is 4.57. The fourth-order valence-electron chi connectivity index (χ4n) is 3.12. The van der Waals surface area contributed by atoms with E-state index in [1.807, 2.05) is 30.3 Å². The van der Waals surface area contributed by atoms with Crippen LogP contribution in [0.5, 0.6) is 0 Å². The van der Waals surface area contributed by atoms with Crippen LogP contribution in [0.25, 0.3) is 23.8 Å². The van der Waals surface area contributed by atoms with E-state index in [4.69, 9.17) is 17.3 Å². The third kappa shape index (κ3) is 2.64. The van der Waals surface area contributed by atoms with Crippen LogP contribution in [0.1, 0.15) is 27.8 Å². The summed E-state index contributed by atoms with van der Waals surface area (Å²) in [5, 5.41) is 0.759. The molecule has 3 aromatic rings. The van der Waals surface area contributed by atoms with Crippen molar-refractivity contribution in [3.05, 3.63) is 99.6 Å². The lowest BCUT2D eigenvalue weighted by Gasteiger charge is -2.13. The number of fused-ring (bicyclic) bond motifs is 2. The van der Waals surface area contributed by atoms with E-state index in [1.54, 1.807) is 0 Å². The number of hydrogen-bond donors (Lipinski definition) is 1. The van der Waals surface area contributed by atoms with Gasteiger partial charge in [-0.05, 0) is 52.1 Å². The SMILES string of the molecule is Nc1cccc(C=C2c3ccccc3C=Cc3c(Cl)cccc32)c1. The molecule has 2 N–H and O–H groups in total. The molecule has 1 aliphatic carbocycles. The first-order chi connectivity index (χ1) is 11.7. The number of anilines is 1. The van der Waals surface area contributed by atoms with Gasteiger partial charge < -0.3 is 5.73 Å². The number of benzene rings is 3. The van der Waals surface area contributed by atoms with Gasteiger partial charge >= 0.3 is 0 Å². The predicted molar refractivity (Wildman–Crippen MR) is 105 cm³/mol. The van der Waals surface area contributed by atoms with E-state index in [2.05, 4.69) is 54.6 Å². The van der Waals surface area contributed by atoms with Crippen LogP contribution in [-0.4, -0.2) is 0 Å². The molecular formula is C22H16ClN. The summed E-state index contributed by atoms with van der Waals surface area (Å²) < 4.78 is 0. The minimum atomic E-state index is 0.759. The Morgan fingerprint density at radius 3 is 2.46 bits per heavy atom. The summed E-state index contributed by atoms with van der Waals surface area (Å²) >= 11 is 6.45. The molecule has 3 aromatic carbocycles. The Labute approximate surface area is 146 Å². The highest BCUT2D eigenvalue weighted by molar-refractivity contribution is 6.32. The van der Waals surface area contributed by atoms with Crippen molar-refractivity contribution < 1.29 is 0 Å². The minimum absolute atomic E-state index is 0.759. The topological polar surface area (TPSA) is 26.0 Å². The lowest BCUT2D eigenvalue weighted by atomic mass is 9.92. The normalized spacial score (nSPS) is 14.1. The van der Waals surface area contributed by atoms with Gasteiger partial charge in [-0.3, -0.25) is 0 Å². The quantitative estimate of drug-likeness (QED) is 0.426. The molecule has 24 heavy (non-hydrogen) atoms. The van der Waals surface area contributed by atoms with E-state index in [9.17, 15) is 0 Å². The van der Waals surface area contributed by atoms with Crippen LogP contribution >= 0.6 is 11.6 Å². The van der Waals surface area contributed by atoms with Gasteiger partial charge in [-0.1, -0.05) is 72.3 Å². The first kappa shape index (κ1) is 14.8. The van der Waals surface area contributed by atoms with E-state index in [0.717, 1.165) is 33.0 Å². The first-order valence-electron chi connectivity index (χ1n) is 7.86. The molecule has 0 radical (unpaired) electrons. The summed E-state index contributed by atoms with van der Waals surface area (Å²) in [6.45, 7) is 0. The fourth-order valence-corrected chi connectivity index (χ4v) is 3.36. The molecule has 0 saturated carbocycles. The largest absolute Gasteiger partial charge is 0.399 e. The van der Waals surface area contributed by atoms with Crippen molar-refractivity contribution in [1.29, 1.82) is 0 Å². The molecule has 0 saturated heterocycles. The van der Waals surface area contributed by atoms with Crippen LogP contribution in [0, 0.1) is 0 Å². The fraction of sp³-hybridized carbons (Fsp3) is 0. The molecule has 0 heterocycles. The smallest absolute Gasteiger partial charge is 0.0484 e. The molecular weight excluding hydrogens is 314 g/mol. The van der Waals surface area contributed by atoms with Crippen LogP contribution in [-0.2, 0) is 0 Å². The van der Waals surface area contributed by atoms with Crippen molar-refractivity contribution in [2.75, 3.05) is 5.73 Å². The molecule has 116 valence electrons. The Bertz CT molecular complexity index is 983. The van der Waals surface area contributed by atoms with Crippen LogP contribution < -0.4 is 5.73 Å². The summed E-state index contributed by atoms with van der Waals surface area (Å²) in [5.41, 5.74) is 13.5. The Morgan fingerprint density at radius 2 is 1.58 bits per heavy atom. The second-order valence-electron chi connectivity index (χ2n) is 5.85. The number of rotatable bonds is 1. The zero-order valence-electron chi connectivity index (χ0n) is 13.0. The van der Waals surface area contributed by atoms with E-state index in [1.165, 1.54) is 11.1 Å². The Hall–Kier alpha value is -2.77. The van der Waals surface area contributed by atoms with Crippen LogP contribution in [0.15, 0.2) is 66.7 Å². The first-order valence-corrected chi connectivity index (χ1v) is 8.24. The highest BCUT2D eigenvalue weighted by atomic mass is 35.5. The van der Waals surface area contributed by atoms with Gasteiger partial charge in [0.2, 0.25) is 0 Å². The third-order valence-electron chi connectivity index (χ3n) is 4.25. The molecule has 1 aliphatic rings. The average molecular weight is 330 g/mol. The van der Waals surface area contributed by atoms with Crippen LogP contribution in [0.3, 0.4) is 0 Å². The molecule has 4 rings (SSSR count). The maximum absolute atomic E-state index is 6.45. The monoisotopic (exact) mass is 329 g/mol. The predicted octanol–water partition coefficient (Wildman–Crippen LogP) is 5.99. The summed E-state index contributed by atoms with van der Waals surface area (Å²) in [6, 6.07) is 22.4. The highest BCUT2D eigenvalue weighted by Crippen LogP contribution is 2.37. The van der Waals surface area contributed by atoms with E-state index in [0.29, 0.717) is 0 Å². The van der Waals surface area contributed by atoms with Gasteiger partial charge in [-0.25, -0.2) is 0 Å². The van der Waals surface area contributed by atoms with E-state index >= 15 is 0 Å². The lowest BCUT2D eigenvalue weighted by molar-refractivity contribution is 1.53. The zero-order valence-corrected chi connectivity index (χ0v) is 13.8.